The van der Waals surface area contributed by atoms with Crippen LogP contribution in [0.25, 0.3) is 0 Å². The lowest BCUT2D eigenvalue weighted by atomic mass is 9.51. The highest BCUT2D eigenvalue weighted by Gasteiger charge is 2.57. The molecule has 3 aliphatic rings. The van der Waals surface area contributed by atoms with Gasteiger partial charge in [0.05, 0.1) is 12.7 Å². The van der Waals surface area contributed by atoms with Gasteiger partial charge in [0.25, 0.3) is 0 Å². The molecule has 2 N–H and O–H groups in total. The molecule has 0 amide bonds. The van der Waals surface area contributed by atoms with E-state index in [0.717, 1.165) is 29.6 Å². The molecule has 27 heavy (non-hydrogen) atoms. The molecule has 1 fully saturated rings. The third-order valence-corrected chi connectivity index (χ3v) is 7.55. The van der Waals surface area contributed by atoms with Gasteiger partial charge in [0.15, 0.2) is 5.78 Å². The first kappa shape index (κ1) is 20.3. The van der Waals surface area contributed by atoms with E-state index in [1.165, 1.54) is 6.92 Å². The van der Waals surface area contributed by atoms with Crippen LogP contribution in [0.15, 0.2) is 22.8 Å². The number of aliphatic hydroxyl groups excluding tert-OH is 2. The molecule has 0 aromatic carbocycles. The van der Waals surface area contributed by atoms with Crippen molar-refractivity contribution in [1.29, 1.82) is 0 Å². The molecule has 0 aromatic rings. The van der Waals surface area contributed by atoms with E-state index in [0.29, 0.717) is 12.8 Å². The molecule has 3 rings (SSSR count). The Balaban J connectivity index is 2.22. The van der Waals surface area contributed by atoms with Gasteiger partial charge in [-0.15, -0.1) is 0 Å². The van der Waals surface area contributed by atoms with E-state index in [2.05, 4.69) is 20.8 Å². The standard InChI is InChI=1S/C22H32O5/c1-12-15-10-18(27-13(2)24)22(5)8-6-7-14(11-23)19(22)20(26)16(9-17(12)25)21(15,3)4/h7,16,18-20,23,26H,6,8-11H2,1-5H3/t16-,18-,19-,20+,22-/m0/s1. The molecule has 2 bridgehead atoms. The predicted octanol–water partition coefficient (Wildman–Crippen LogP) is 2.95. The summed E-state index contributed by atoms with van der Waals surface area (Å²) in [6.45, 7) is 9.33. The number of hydrogen-bond donors (Lipinski definition) is 2. The Kier molecular flexibility index (Phi) is 5.15. The Morgan fingerprint density at radius 1 is 1.30 bits per heavy atom. The summed E-state index contributed by atoms with van der Waals surface area (Å²) in [5.74, 6) is -0.856. The van der Waals surface area contributed by atoms with Gasteiger partial charge < -0.3 is 14.9 Å². The molecule has 0 radical (unpaired) electrons. The fraction of sp³-hybridized carbons (Fsp3) is 0.727. The summed E-state index contributed by atoms with van der Waals surface area (Å²) in [6.07, 6.45) is 3.13. The Morgan fingerprint density at radius 3 is 2.56 bits per heavy atom. The van der Waals surface area contributed by atoms with Crippen molar-refractivity contribution in [3.63, 3.8) is 0 Å². The molecule has 5 atom stereocenters. The summed E-state index contributed by atoms with van der Waals surface area (Å²) in [6, 6.07) is 0. The van der Waals surface area contributed by atoms with Crippen LogP contribution in [0.4, 0.5) is 0 Å². The number of carbonyl (C=O) groups excluding carboxylic acids is 2. The van der Waals surface area contributed by atoms with Gasteiger partial charge in [-0.1, -0.05) is 32.4 Å². The monoisotopic (exact) mass is 376 g/mol. The molecule has 3 aliphatic carbocycles. The third kappa shape index (κ3) is 3.09. The summed E-state index contributed by atoms with van der Waals surface area (Å²) in [7, 11) is 0. The van der Waals surface area contributed by atoms with Crippen molar-refractivity contribution in [2.75, 3.05) is 6.61 Å². The Labute approximate surface area is 161 Å². The Morgan fingerprint density at radius 2 is 1.96 bits per heavy atom. The van der Waals surface area contributed by atoms with Crippen molar-refractivity contribution in [3.05, 3.63) is 22.8 Å². The van der Waals surface area contributed by atoms with Crippen LogP contribution in [-0.2, 0) is 14.3 Å². The van der Waals surface area contributed by atoms with Gasteiger partial charge >= 0.3 is 5.97 Å². The molecule has 5 heteroatoms. The van der Waals surface area contributed by atoms with Crippen molar-refractivity contribution in [3.8, 4) is 0 Å². The maximum atomic E-state index is 12.7. The lowest BCUT2D eigenvalue weighted by molar-refractivity contribution is -0.165. The van der Waals surface area contributed by atoms with Crippen molar-refractivity contribution in [2.24, 2.45) is 22.7 Å². The first-order valence-electron chi connectivity index (χ1n) is 9.92. The second-order valence-electron chi connectivity index (χ2n) is 9.31. The molecule has 1 saturated carbocycles. The zero-order chi connectivity index (χ0) is 20.1. The minimum absolute atomic E-state index is 0.0592. The van der Waals surface area contributed by atoms with Crippen molar-refractivity contribution >= 4 is 11.8 Å². The smallest absolute Gasteiger partial charge is 0.302 e. The highest BCUT2D eigenvalue weighted by molar-refractivity contribution is 5.97. The number of esters is 1. The van der Waals surface area contributed by atoms with Crippen LogP contribution in [0, 0.1) is 22.7 Å². The quantitative estimate of drug-likeness (QED) is 0.572. The normalized spacial score (nSPS) is 38.5. The van der Waals surface area contributed by atoms with Gasteiger partial charge in [0, 0.05) is 37.0 Å². The van der Waals surface area contributed by atoms with Crippen LogP contribution < -0.4 is 0 Å². The van der Waals surface area contributed by atoms with Crippen molar-refractivity contribution in [2.45, 2.75) is 72.5 Å². The van der Waals surface area contributed by atoms with Crippen molar-refractivity contribution in [1.82, 2.24) is 0 Å². The molecule has 0 spiro atoms. The summed E-state index contributed by atoms with van der Waals surface area (Å²) in [5.41, 5.74) is 1.67. The lowest BCUT2D eigenvalue weighted by Crippen LogP contribution is -2.57. The average Bonchev–Trinajstić information content (AvgIpc) is 2.58. The number of rotatable bonds is 2. The number of carbonyl (C=O) groups is 2. The van der Waals surface area contributed by atoms with Gasteiger partial charge in [-0.3, -0.25) is 9.59 Å². The largest absolute Gasteiger partial charge is 0.462 e. The fourth-order valence-electron chi connectivity index (χ4n) is 5.88. The molecule has 0 aromatic heterocycles. The molecule has 0 unspecified atom stereocenters. The van der Waals surface area contributed by atoms with Gasteiger partial charge in [0.1, 0.15) is 6.10 Å². The molecule has 0 heterocycles. The first-order valence-corrected chi connectivity index (χ1v) is 9.92. The van der Waals surface area contributed by atoms with Crippen LogP contribution in [0.3, 0.4) is 0 Å². The molecule has 150 valence electrons. The maximum Gasteiger partial charge on any atom is 0.302 e. The number of aliphatic hydroxyl groups is 2. The van der Waals surface area contributed by atoms with Gasteiger partial charge in [-0.2, -0.15) is 0 Å². The van der Waals surface area contributed by atoms with Crippen LogP contribution in [-0.4, -0.2) is 40.8 Å². The Bertz CT molecular complexity index is 716. The zero-order valence-corrected chi connectivity index (χ0v) is 17.0. The number of ether oxygens (including phenoxy) is 1. The molecular formula is C22H32O5. The average molecular weight is 376 g/mol. The highest BCUT2D eigenvalue weighted by atomic mass is 16.5. The number of fused-ring (bicyclic) bond motifs is 3. The van der Waals surface area contributed by atoms with Gasteiger partial charge in [-0.05, 0) is 36.3 Å². The van der Waals surface area contributed by atoms with E-state index < -0.39 is 17.6 Å². The zero-order valence-electron chi connectivity index (χ0n) is 17.0. The predicted molar refractivity (Wildman–Crippen MR) is 102 cm³/mol. The second-order valence-corrected chi connectivity index (χ2v) is 9.31. The van der Waals surface area contributed by atoms with Crippen LogP contribution in [0.1, 0.15) is 60.3 Å². The van der Waals surface area contributed by atoms with E-state index in [-0.39, 0.29) is 35.6 Å². The van der Waals surface area contributed by atoms with E-state index in [9.17, 15) is 19.8 Å². The SMILES string of the molecule is CC(=O)O[C@H]1CC2=C(C)C(=O)C[C@@H]([C@@H](O)[C@@H]3C(CO)=CCC[C@@]13C)C2(C)C. The summed E-state index contributed by atoms with van der Waals surface area (Å²) in [5, 5.41) is 21.5. The van der Waals surface area contributed by atoms with Gasteiger partial charge in [0.2, 0.25) is 0 Å². The molecule has 5 nitrogen and oxygen atoms in total. The molecular weight excluding hydrogens is 344 g/mol. The molecule has 0 aliphatic heterocycles. The summed E-state index contributed by atoms with van der Waals surface area (Å²) >= 11 is 0. The summed E-state index contributed by atoms with van der Waals surface area (Å²) in [4.78, 5) is 24.6. The second kappa shape index (κ2) is 6.85. The van der Waals surface area contributed by atoms with Crippen LogP contribution in [0.5, 0.6) is 0 Å². The number of allylic oxidation sites excluding steroid dienone is 2. The minimum atomic E-state index is -0.783. The number of Topliss-reactive ketones (excluding diaryl/α,β-unsaturated/α-hetero) is 1. The van der Waals surface area contributed by atoms with E-state index >= 15 is 0 Å². The number of ketones is 1. The van der Waals surface area contributed by atoms with E-state index in [1.54, 1.807) is 0 Å². The fourth-order valence-corrected chi connectivity index (χ4v) is 5.88. The molecule has 0 saturated heterocycles. The summed E-state index contributed by atoms with van der Waals surface area (Å²) < 4.78 is 5.80. The van der Waals surface area contributed by atoms with Crippen LogP contribution >= 0.6 is 0 Å². The van der Waals surface area contributed by atoms with Crippen molar-refractivity contribution < 1.29 is 24.5 Å². The third-order valence-electron chi connectivity index (χ3n) is 7.55. The van der Waals surface area contributed by atoms with E-state index in [1.807, 2.05) is 13.0 Å². The Hall–Kier alpha value is -1.46. The topological polar surface area (TPSA) is 83.8 Å². The lowest BCUT2D eigenvalue weighted by Gasteiger charge is -2.56. The van der Waals surface area contributed by atoms with E-state index in [4.69, 9.17) is 4.74 Å². The minimum Gasteiger partial charge on any atom is -0.462 e. The first-order chi connectivity index (χ1) is 12.5. The number of hydrogen-bond acceptors (Lipinski definition) is 5. The maximum absolute atomic E-state index is 12.7. The van der Waals surface area contributed by atoms with Crippen LogP contribution in [0.2, 0.25) is 0 Å². The highest BCUT2D eigenvalue weighted by Crippen LogP contribution is 2.58. The van der Waals surface area contributed by atoms with Gasteiger partial charge in [-0.25, -0.2) is 0 Å².